The van der Waals surface area contributed by atoms with Gasteiger partial charge in [0.05, 0.1) is 29.6 Å². The third-order valence-corrected chi connectivity index (χ3v) is 12.1. The molecule has 17 heteroatoms. The Morgan fingerprint density at radius 3 is 2.49 bits per heavy atom. The number of carboxylic acid groups (broad SMARTS) is 1. The SMILES string of the molecule is CCn1cc(C[N+]2(CC3=C(C)N4C(=O)[C@@H](NC(=O)/C(=N\OC(C)(C)C(=O)O)c5csc(N)n5)[C@H]4S[C@H]3C)CCCC2)c(=O)c2cc(O)c(O)cc21. The van der Waals surface area contributed by atoms with E-state index in [2.05, 4.69) is 22.4 Å². The number of rotatable bonds is 11. The number of carbonyl (C=O) groups excluding carboxylic acids is 2. The fraction of sp³-hybridized carbons (Fsp3) is 0.471. The molecule has 0 bridgehead atoms. The van der Waals surface area contributed by atoms with Crippen LogP contribution in [0.1, 0.15) is 58.7 Å². The van der Waals surface area contributed by atoms with E-state index in [9.17, 15) is 34.5 Å². The average molecular weight is 741 g/mol. The van der Waals surface area contributed by atoms with Crippen LogP contribution < -0.4 is 16.5 Å². The van der Waals surface area contributed by atoms with Gasteiger partial charge in [0.1, 0.15) is 30.2 Å². The Kier molecular flexibility index (Phi) is 9.58. The van der Waals surface area contributed by atoms with Crippen LogP contribution in [0.25, 0.3) is 10.9 Å². The number of nitrogens with zero attached hydrogens (tertiary/aromatic N) is 5. The number of oxime groups is 1. The number of quaternary nitrogens is 1. The topological polar surface area (TPSA) is 210 Å². The highest BCUT2D eigenvalue weighted by atomic mass is 32.2. The third kappa shape index (κ3) is 6.65. The van der Waals surface area contributed by atoms with E-state index in [-0.39, 0.29) is 50.0 Å². The lowest BCUT2D eigenvalue weighted by molar-refractivity contribution is -0.925. The van der Waals surface area contributed by atoms with Crippen molar-refractivity contribution < 1.29 is 39.0 Å². The first-order chi connectivity index (χ1) is 24.1. The molecule has 3 atom stereocenters. The lowest BCUT2D eigenvalue weighted by Gasteiger charge is -2.52. The first-order valence-electron chi connectivity index (χ1n) is 16.7. The summed E-state index contributed by atoms with van der Waals surface area (Å²) in [5.41, 5.74) is 6.77. The molecule has 6 N–H and O–H groups in total. The number of aromatic nitrogens is 2. The second-order valence-corrected chi connectivity index (χ2v) is 16.1. The predicted molar refractivity (Wildman–Crippen MR) is 193 cm³/mol. The molecule has 15 nitrogen and oxygen atoms in total. The van der Waals surface area contributed by atoms with Gasteiger partial charge in [-0.05, 0) is 40.7 Å². The van der Waals surface area contributed by atoms with Crippen LogP contribution in [0.15, 0.2) is 44.9 Å². The van der Waals surface area contributed by atoms with Gasteiger partial charge in [-0.15, -0.1) is 23.1 Å². The summed E-state index contributed by atoms with van der Waals surface area (Å²) < 4.78 is 2.56. The molecule has 2 fully saturated rings. The highest BCUT2D eigenvalue weighted by molar-refractivity contribution is 8.00. The van der Waals surface area contributed by atoms with Crippen LogP contribution in [-0.2, 0) is 32.3 Å². The van der Waals surface area contributed by atoms with E-state index in [1.807, 2.05) is 24.6 Å². The molecule has 272 valence electrons. The standard InChI is InChI=1S/C34H41N7O8S2/c1-6-39-13-19(28(44)20-11-24(42)25(43)12-23(20)39)14-41(9-7-8-10-41)15-21-17(2)40-30(46)27(31(40)51-18(21)3)37-29(45)26(22-16-50-33(35)36-22)38-49-34(4,5)32(47)48/h11-13,16,18,27,31H,6-10,14-15H2,1-5H3,(H5-,35,36,37,38,42,43,44,45,47,48)/p+1/t18-,27+,31+/m0/s1. The van der Waals surface area contributed by atoms with Crippen molar-refractivity contribution in [2.24, 2.45) is 5.16 Å². The zero-order valence-corrected chi connectivity index (χ0v) is 30.6. The number of carbonyl (C=O) groups is 3. The number of nitrogens with one attached hydrogen (secondary N) is 1. The minimum atomic E-state index is -1.73. The number of anilines is 1. The number of carboxylic acids is 1. The fourth-order valence-corrected chi connectivity index (χ4v) is 9.14. The Hall–Kier alpha value is -4.61. The van der Waals surface area contributed by atoms with E-state index in [4.69, 9.17) is 10.6 Å². The molecule has 0 unspecified atom stereocenters. The van der Waals surface area contributed by atoms with E-state index >= 15 is 0 Å². The Labute approximate surface area is 302 Å². The number of pyridine rings is 1. The maximum absolute atomic E-state index is 13.8. The van der Waals surface area contributed by atoms with Gasteiger partial charge in [0.15, 0.2) is 27.8 Å². The number of allylic oxidation sites excluding steroid dienone is 1. The maximum atomic E-state index is 13.8. The maximum Gasteiger partial charge on any atom is 0.350 e. The molecule has 3 aromatic rings. The number of aliphatic carboxylic acids is 1. The highest BCUT2D eigenvalue weighted by Crippen LogP contribution is 2.45. The van der Waals surface area contributed by atoms with Gasteiger partial charge < -0.3 is 40.3 Å². The second-order valence-electron chi connectivity index (χ2n) is 13.8. The Bertz CT molecular complexity index is 2050. The summed E-state index contributed by atoms with van der Waals surface area (Å²) in [5.74, 6) is -2.94. The van der Waals surface area contributed by atoms with Gasteiger partial charge in [0.2, 0.25) is 5.60 Å². The van der Waals surface area contributed by atoms with Gasteiger partial charge in [-0.25, -0.2) is 9.78 Å². The number of nitrogen functional groups attached to an aromatic ring is 1. The van der Waals surface area contributed by atoms with Crippen LogP contribution in [0.4, 0.5) is 5.13 Å². The van der Waals surface area contributed by atoms with Crippen molar-refractivity contribution in [2.75, 3.05) is 25.4 Å². The normalized spacial score (nSPS) is 21.8. The molecular weight excluding hydrogens is 699 g/mol. The van der Waals surface area contributed by atoms with Crippen LogP contribution in [0.2, 0.25) is 0 Å². The molecule has 5 heterocycles. The summed E-state index contributed by atoms with van der Waals surface area (Å²) >= 11 is 2.63. The number of aromatic hydroxyl groups is 2. The van der Waals surface area contributed by atoms with Gasteiger partial charge >= 0.3 is 5.97 Å². The fourth-order valence-electron chi connectivity index (χ4n) is 7.04. The summed E-state index contributed by atoms with van der Waals surface area (Å²) in [6.45, 7) is 11.9. The number of phenols is 2. The number of thiazole rings is 1. The second kappa shape index (κ2) is 13.5. The highest BCUT2D eigenvalue weighted by Gasteiger charge is 2.54. The number of likely N-dealkylation sites (tertiary alicyclic amines) is 1. The first-order valence-corrected chi connectivity index (χ1v) is 18.5. The van der Waals surface area contributed by atoms with Crippen molar-refractivity contribution in [3.8, 4) is 11.5 Å². The lowest BCUT2D eigenvalue weighted by atomic mass is 10.00. The number of hydrogen-bond acceptors (Lipinski definition) is 12. The van der Waals surface area contributed by atoms with Gasteiger partial charge in [0.25, 0.3) is 11.8 Å². The molecule has 51 heavy (non-hydrogen) atoms. The molecule has 3 aliphatic rings. The molecule has 0 aliphatic carbocycles. The quantitative estimate of drug-likeness (QED) is 0.0635. The van der Waals surface area contributed by atoms with E-state index < -0.39 is 23.5 Å². The van der Waals surface area contributed by atoms with Crippen LogP contribution in [-0.4, -0.2) is 99.6 Å². The Morgan fingerprint density at radius 1 is 1.18 bits per heavy atom. The number of phenolic OH excluding ortho intramolecular Hbond substituents is 2. The van der Waals surface area contributed by atoms with E-state index in [0.717, 1.165) is 48.5 Å². The molecule has 6 rings (SSSR count). The van der Waals surface area contributed by atoms with Crippen molar-refractivity contribution in [1.29, 1.82) is 0 Å². The molecule has 0 saturated carbocycles. The van der Waals surface area contributed by atoms with Gasteiger partial charge in [-0.3, -0.25) is 19.3 Å². The minimum Gasteiger partial charge on any atom is -0.504 e. The summed E-state index contributed by atoms with van der Waals surface area (Å²) in [5, 5.41) is 38.0. The molecule has 0 spiro atoms. The molecule has 3 aliphatic heterocycles. The van der Waals surface area contributed by atoms with E-state index in [1.165, 1.54) is 31.4 Å². The largest absolute Gasteiger partial charge is 0.504 e. The summed E-state index contributed by atoms with van der Waals surface area (Å²) in [4.78, 5) is 63.6. The third-order valence-electron chi connectivity index (χ3n) is 9.97. The van der Waals surface area contributed by atoms with Crippen molar-refractivity contribution in [1.82, 2.24) is 19.8 Å². The number of β-lactam (4-membered cyclic amide) rings is 1. The Balaban J connectivity index is 1.24. The molecule has 2 saturated heterocycles. The summed E-state index contributed by atoms with van der Waals surface area (Å²) in [7, 11) is 0. The van der Waals surface area contributed by atoms with Crippen molar-refractivity contribution in [2.45, 2.75) is 82.8 Å². The first kappa shape index (κ1) is 36.2. The van der Waals surface area contributed by atoms with Crippen LogP contribution in [0.3, 0.4) is 0 Å². The van der Waals surface area contributed by atoms with Gasteiger partial charge in [-0.1, -0.05) is 5.16 Å². The van der Waals surface area contributed by atoms with Gasteiger partial charge in [0, 0.05) is 53.5 Å². The minimum absolute atomic E-state index is 0.00986. The summed E-state index contributed by atoms with van der Waals surface area (Å²) in [6, 6.07) is 1.88. The van der Waals surface area contributed by atoms with Crippen molar-refractivity contribution >= 4 is 62.6 Å². The van der Waals surface area contributed by atoms with E-state index in [1.54, 1.807) is 16.7 Å². The van der Waals surface area contributed by atoms with Crippen LogP contribution >= 0.6 is 23.1 Å². The number of aryl methyl sites for hydroxylation is 1. The molecular formula is C34H42N7O8S2+. The van der Waals surface area contributed by atoms with Crippen LogP contribution in [0.5, 0.6) is 11.5 Å². The van der Waals surface area contributed by atoms with Gasteiger partial charge in [-0.2, -0.15) is 0 Å². The van der Waals surface area contributed by atoms with E-state index in [0.29, 0.717) is 40.6 Å². The molecule has 1 aromatic carbocycles. The number of fused-ring (bicyclic) bond motifs is 2. The lowest BCUT2D eigenvalue weighted by Crippen LogP contribution is -2.71. The Morgan fingerprint density at radius 2 is 1.86 bits per heavy atom. The number of amides is 2. The van der Waals surface area contributed by atoms with Crippen LogP contribution in [0, 0.1) is 0 Å². The average Bonchev–Trinajstić information content (AvgIpc) is 3.72. The van der Waals surface area contributed by atoms with Crippen molar-refractivity contribution in [3.05, 3.63) is 56.5 Å². The predicted octanol–water partition coefficient (Wildman–Crippen LogP) is 2.93. The monoisotopic (exact) mass is 740 g/mol. The zero-order chi connectivity index (χ0) is 37.0. The number of hydrogen-bond donors (Lipinski definition) is 5. The molecule has 2 aromatic heterocycles. The molecule has 0 radical (unpaired) electrons. The number of nitrogens with two attached hydrogens (primary N) is 1. The van der Waals surface area contributed by atoms with Crippen molar-refractivity contribution in [3.63, 3.8) is 0 Å². The molecule has 2 amide bonds. The number of benzene rings is 1. The summed E-state index contributed by atoms with van der Waals surface area (Å²) in [6.07, 6.45) is 3.85. The number of thioether (sulfide) groups is 1. The zero-order valence-electron chi connectivity index (χ0n) is 29.0. The smallest absolute Gasteiger partial charge is 0.350 e.